The molecule has 0 bridgehead atoms. The molecule has 0 saturated carbocycles. The van der Waals surface area contributed by atoms with Crippen molar-refractivity contribution in [3.05, 3.63) is 81.4 Å². The molecule has 0 atom stereocenters. The van der Waals surface area contributed by atoms with Crippen LogP contribution in [0.1, 0.15) is 23.2 Å². The number of oxazole rings is 1. The third-order valence-electron chi connectivity index (χ3n) is 5.63. The van der Waals surface area contributed by atoms with Crippen LogP contribution in [0.15, 0.2) is 65.1 Å². The van der Waals surface area contributed by atoms with E-state index >= 15 is 0 Å². The topological polar surface area (TPSA) is 102 Å². The Morgan fingerprint density at radius 3 is 2.64 bits per heavy atom. The Kier molecular flexibility index (Phi) is 5.43. The molecule has 0 spiro atoms. The quantitative estimate of drug-likeness (QED) is 0.292. The molecule has 8 nitrogen and oxygen atoms in total. The highest BCUT2D eigenvalue weighted by Crippen LogP contribution is 2.33. The van der Waals surface area contributed by atoms with Crippen LogP contribution in [0.25, 0.3) is 22.6 Å². The first kappa shape index (κ1) is 21.0. The monoisotopic (exact) mass is 462 g/mol. The molecule has 9 heteroatoms. The SMILES string of the molecule is O=C(Nc1ccc2oc(-c3ccccc3Cl)nc2c1)c1ccc(N2CCCC2)c([N+](=O)[O-])c1. The van der Waals surface area contributed by atoms with E-state index in [1.54, 1.807) is 36.4 Å². The minimum absolute atomic E-state index is 0.0686. The van der Waals surface area contributed by atoms with Crippen molar-refractivity contribution in [2.45, 2.75) is 12.8 Å². The molecule has 4 aromatic rings. The van der Waals surface area contributed by atoms with Gasteiger partial charge >= 0.3 is 0 Å². The van der Waals surface area contributed by atoms with Crippen molar-refractivity contribution in [1.82, 2.24) is 4.98 Å². The van der Waals surface area contributed by atoms with Crippen molar-refractivity contribution in [3.63, 3.8) is 0 Å². The molecule has 5 rings (SSSR count). The van der Waals surface area contributed by atoms with Gasteiger partial charge in [-0.1, -0.05) is 23.7 Å². The summed E-state index contributed by atoms with van der Waals surface area (Å²) in [4.78, 5) is 30.5. The molecule has 1 saturated heterocycles. The van der Waals surface area contributed by atoms with Crippen molar-refractivity contribution in [2.24, 2.45) is 0 Å². The summed E-state index contributed by atoms with van der Waals surface area (Å²) >= 11 is 6.23. The molecule has 0 radical (unpaired) electrons. The lowest BCUT2D eigenvalue weighted by Gasteiger charge is -2.17. The van der Waals surface area contributed by atoms with Crippen LogP contribution >= 0.6 is 11.6 Å². The van der Waals surface area contributed by atoms with E-state index in [1.165, 1.54) is 6.07 Å². The average Bonchev–Trinajstić information content (AvgIpc) is 3.49. The van der Waals surface area contributed by atoms with E-state index in [1.807, 2.05) is 23.1 Å². The van der Waals surface area contributed by atoms with Crippen LogP contribution in [-0.4, -0.2) is 28.9 Å². The zero-order valence-electron chi connectivity index (χ0n) is 17.5. The molecule has 3 aromatic carbocycles. The summed E-state index contributed by atoms with van der Waals surface area (Å²) in [5, 5.41) is 14.9. The van der Waals surface area contributed by atoms with Crippen molar-refractivity contribution in [2.75, 3.05) is 23.3 Å². The number of carbonyl (C=O) groups is 1. The van der Waals surface area contributed by atoms with E-state index < -0.39 is 10.8 Å². The molecule has 1 amide bonds. The van der Waals surface area contributed by atoms with Gasteiger partial charge in [0, 0.05) is 30.4 Å². The number of carbonyl (C=O) groups excluding carboxylic acids is 1. The number of nitrogens with zero attached hydrogens (tertiary/aromatic N) is 3. The van der Waals surface area contributed by atoms with Gasteiger partial charge in [-0.15, -0.1) is 0 Å². The Bertz CT molecular complexity index is 1380. The fourth-order valence-electron chi connectivity index (χ4n) is 3.99. The van der Waals surface area contributed by atoms with E-state index in [2.05, 4.69) is 10.3 Å². The molecule has 1 aromatic heterocycles. The highest BCUT2D eigenvalue weighted by molar-refractivity contribution is 6.33. The molecule has 1 N–H and O–H groups in total. The Morgan fingerprint density at radius 1 is 1.09 bits per heavy atom. The molecule has 0 unspecified atom stereocenters. The van der Waals surface area contributed by atoms with E-state index in [-0.39, 0.29) is 11.3 Å². The van der Waals surface area contributed by atoms with Gasteiger partial charge in [-0.25, -0.2) is 4.98 Å². The molecular formula is C24H19ClN4O4. The third kappa shape index (κ3) is 4.12. The van der Waals surface area contributed by atoms with E-state index in [4.69, 9.17) is 16.0 Å². The molecular weight excluding hydrogens is 444 g/mol. The third-order valence-corrected chi connectivity index (χ3v) is 5.96. The Hall–Kier alpha value is -3.91. The number of hydrogen-bond acceptors (Lipinski definition) is 6. The predicted molar refractivity (Wildman–Crippen MR) is 127 cm³/mol. The molecule has 33 heavy (non-hydrogen) atoms. The van der Waals surface area contributed by atoms with Gasteiger partial charge in [0.25, 0.3) is 11.6 Å². The first-order chi connectivity index (χ1) is 16.0. The fourth-order valence-corrected chi connectivity index (χ4v) is 4.21. The number of halogens is 1. The summed E-state index contributed by atoms with van der Waals surface area (Å²) in [5.74, 6) is -0.0625. The normalized spacial score (nSPS) is 13.4. The largest absolute Gasteiger partial charge is 0.436 e. The standard InChI is InChI=1S/C24H19ClN4O4/c25-18-6-2-1-5-17(18)24-27-19-14-16(8-10-22(19)33-24)26-23(30)15-7-9-20(21(13-15)29(31)32)28-11-3-4-12-28/h1-2,5-10,13-14H,3-4,11-12H2,(H,26,30). The van der Waals surface area contributed by atoms with Crippen molar-refractivity contribution >= 4 is 45.7 Å². The highest BCUT2D eigenvalue weighted by Gasteiger charge is 2.24. The van der Waals surface area contributed by atoms with Crippen LogP contribution in [-0.2, 0) is 0 Å². The lowest BCUT2D eigenvalue weighted by molar-refractivity contribution is -0.384. The summed E-state index contributed by atoms with van der Waals surface area (Å²) in [6.45, 7) is 1.56. The maximum atomic E-state index is 12.8. The van der Waals surface area contributed by atoms with Crippen LogP contribution < -0.4 is 10.2 Å². The van der Waals surface area contributed by atoms with Crippen LogP contribution in [0, 0.1) is 10.1 Å². The molecule has 166 valence electrons. The average molecular weight is 463 g/mol. The molecule has 1 aliphatic rings. The van der Waals surface area contributed by atoms with Crippen molar-refractivity contribution in [1.29, 1.82) is 0 Å². The molecule has 1 fully saturated rings. The van der Waals surface area contributed by atoms with Crippen LogP contribution in [0.4, 0.5) is 17.1 Å². The van der Waals surface area contributed by atoms with Gasteiger partial charge in [-0.3, -0.25) is 14.9 Å². The zero-order chi connectivity index (χ0) is 22.9. The lowest BCUT2D eigenvalue weighted by Crippen LogP contribution is -2.19. The number of rotatable bonds is 5. The van der Waals surface area contributed by atoms with E-state index in [0.29, 0.717) is 39.0 Å². The van der Waals surface area contributed by atoms with Gasteiger partial charge in [0.1, 0.15) is 11.2 Å². The molecule has 2 heterocycles. The number of hydrogen-bond donors (Lipinski definition) is 1. The van der Waals surface area contributed by atoms with Gasteiger partial charge < -0.3 is 14.6 Å². The Morgan fingerprint density at radius 2 is 1.88 bits per heavy atom. The minimum Gasteiger partial charge on any atom is -0.436 e. The van der Waals surface area contributed by atoms with Crippen molar-refractivity contribution < 1.29 is 14.1 Å². The highest BCUT2D eigenvalue weighted by atomic mass is 35.5. The summed E-state index contributed by atoms with van der Waals surface area (Å²) in [6, 6.07) is 16.9. The lowest BCUT2D eigenvalue weighted by atomic mass is 10.1. The zero-order valence-corrected chi connectivity index (χ0v) is 18.2. The second kappa shape index (κ2) is 8.55. The second-order valence-corrected chi connectivity index (χ2v) is 8.20. The number of nitro benzene ring substituents is 1. The smallest absolute Gasteiger partial charge is 0.293 e. The number of aromatic nitrogens is 1. The summed E-state index contributed by atoms with van der Waals surface area (Å²) in [6.07, 6.45) is 2.00. The predicted octanol–water partition coefficient (Wildman–Crippen LogP) is 5.91. The number of nitro groups is 1. The second-order valence-electron chi connectivity index (χ2n) is 7.79. The van der Waals surface area contributed by atoms with E-state index in [9.17, 15) is 14.9 Å². The van der Waals surface area contributed by atoms with Gasteiger partial charge in [-0.2, -0.15) is 0 Å². The van der Waals surface area contributed by atoms with Crippen LogP contribution in [0.5, 0.6) is 0 Å². The number of nitrogens with one attached hydrogen (secondary N) is 1. The fraction of sp³-hybridized carbons (Fsp3) is 0.167. The number of anilines is 2. The number of amides is 1. The summed E-state index contributed by atoms with van der Waals surface area (Å²) in [7, 11) is 0. The maximum Gasteiger partial charge on any atom is 0.293 e. The summed E-state index contributed by atoms with van der Waals surface area (Å²) < 4.78 is 5.80. The minimum atomic E-state index is -0.444. The van der Waals surface area contributed by atoms with E-state index in [0.717, 1.165) is 25.9 Å². The van der Waals surface area contributed by atoms with Crippen LogP contribution in [0.3, 0.4) is 0 Å². The molecule has 0 aliphatic carbocycles. The first-order valence-corrected chi connectivity index (χ1v) is 10.9. The molecule has 1 aliphatic heterocycles. The Balaban J connectivity index is 1.40. The van der Waals surface area contributed by atoms with Gasteiger partial charge in [0.15, 0.2) is 5.58 Å². The van der Waals surface area contributed by atoms with Gasteiger partial charge in [0.2, 0.25) is 5.89 Å². The van der Waals surface area contributed by atoms with Crippen molar-refractivity contribution in [3.8, 4) is 11.5 Å². The number of fused-ring (bicyclic) bond motifs is 1. The van der Waals surface area contributed by atoms with Crippen LogP contribution in [0.2, 0.25) is 5.02 Å². The summed E-state index contributed by atoms with van der Waals surface area (Å²) in [5.41, 5.74) is 2.96. The number of benzene rings is 3. The first-order valence-electron chi connectivity index (χ1n) is 10.5. The maximum absolute atomic E-state index is 12.8. The van der Waals surface area contributed by atoms with Gasteiger partial charge in [-0.05, 0) is 55.3 Å². The van der Waals surface area contributed by atoms with Gasteiger partial charge in [0.05, 0.1) is 15.5 Å². The Labute approximate surface area is 193 Å².